The molecule has 0 amide bonds. The summed E-state index contributed by atoms with van der Waals surface area (Å²) in [6.45, 7) is 0. The third-order valence-corrected chi connectivity index (χ3v) is 5.64. The van der Waals surface area contributed by atoms with Crippen molar-refractivity contribution in [1.82, 2.24) is 20.3 Å². The zero-order valence-corrected chi connectivity index (χ0v) is 14.0. The average Bonchev–Trinajstić information content (AvgIpc) is 3.18. The second-order valence-corrected chi connectivity index (χ2v) is 7.15. The lowest BCUT2D eigenvalue weighted by Crippen LogP contribution is -2.35. The van der Waals surface area contributed by atoms with Crippen molar-refractivity contribution in [3.05, 3.63) is 58.8 Å². The van der Waals surface area contributed by atoms with Crippen LogP contribution in [0.4, 0.5) is 0 Å². The molecule has 5 N–H and O–H groups in total. The van der Waals surface area contributed by atoms with Crippen molar-refractivity contribution < 1.29 is 10.2 Å². The van der Waals surface area contributed by atoms with Crippen LogP contribution in [0.5, 0.6) is 0 Å². The number of H-pyrrole nitrogens is 2. The van der Waals surface area contributed by atoms with Crippen molar-refractivity contribution in [3.8, 4) is 0 Å². The standard InChI is InChI=1S/C17H18N4O3S/c22-15-11(7-25-9-4-2-1-3-5-9)21-13(16(15)23)10-6-18-14-12(10)19-8-20-17(14)24/h1-6,8,11,13,15-16,18,21-23H,7H2,(H,19,20,24)/t11-,13+,15-,16+/m1/s1. The van der Waals surface area contributed by atoms with E-state index in [1.165, 1.54) is 6.33 Å². The van der Waals surface area contributed by atoms with Crippen LogP contribution in [-0.4, -0.2) is 49.2 Å². The maximum atomic E-state index is 11.8. The Balaban J connectivity index is 1.55. The van der Waals surface area contributed by atoms with Gasteiger partial charge in [-0.3, -0.25) is 4.79 Å². The number of aliphatic hydroxyl groups is 2. The molecule has 130 valence electrons. The number of aromatic nitrogens is 3. The van der Waals surface area contributed by atoms with E-state index in [1.54, 1.807) is 18.0 Å². The summed E-state index contributed by atoms with van der Waals surface area (Å²) in [6, 6.07) is 9.15. The van der Waals surface area contributed by atoms with Crippen LogP contribution in [0, 0.1) is 0 Å². The Morgan fingerprint density at radius 3 is 2.72 bits per heavy atom. The third-order valence-electron chi connectivity index (χ3n) is 4.50. The van der Waals surface area contributed by atoms with E-state index in [9.17, 15) is 15.0 Å². The van der Waals surface area contributed by atoms with Crippen molar-refractivity contribution >= 4 is 22.8 Å². The second-order valence-electron chi connectivity index (χ2n) is 6.06. The minimum atomic E-state index is -0.971. The van der Waals surface area contributed by atoms with E-state index in [1.807, 2.05) is 30.3 Å². The zero-order valence-electron chi connectivity index (χ0n) is 13.2. The van der Waals surface area contributed by atoms with E-state index < -0.39 is 18.2 Å². The monoisotopic (exact) mass is 358 g/mol. The number of hydrogen-bond donors (Lipinski definition) is 5. The van der Waals surface area contributed by atoms with Gasteiger partial charge in [-0.05, 0) is 12.1 Å². The molecule has 4 atom stereocenters. The van der Waals surface area contributed by atoms with Crippen LogP contribution in [-0.2, 0) is 0 Å². The van der Waals surface area contributed by atoms with Gasteiger partial charge in [0.25, 0.3) is 5.56 Å². The summed E-state index contributed by atoms with van der Waals surface area (Å²) in [5.41, 5.74) is 1.28. The fraction of sp³-hybridized carbons (Fsp3) is 0.294. The van der Waals surface area contributed by atoms with Gasteiger partial charge in [0, 0.05) is 28.5 Å². The van der Waals surface area contributed by atoms with Gasteiger partial charge in [0.1, 0.15) is 17.1 Å². The van der Waals surface area contributed by atoms with Gasteiger partial charge in [-0.25, -0.2) is 4.98 Å². The predicted molar refractivity (Wildman–Crippen MR) is 95.6 cm³/mol. The number of aliphatic hydroxyl groups excluding tert-OH is 2. The van der Waals surface area contributed by atoms with Crippen molar-refractivity contribution in [1.29, 1.82) is 0 Å². The van der Waals surface area contributed by atoms with Gasteiger partial charge < -0.3 is 25.5 Å². The number of hydrogen-bond acceptors (Lipinski definition) is 6. The highest BCUT2D eigenvalue weighted by molar-refractivity contribution is 7.99. The first-order valence-corrected chi connectivity index (χ1v) is 8.98. The molecule has 1 aromatic carbocycles. The number of aromatic amines is 2. The van der Waals surface area contributed by atoms with Gasteiger partial charge in [-0.15, -0.1) is 11.8 Å². The summed E-state index contributed by atoms with van der Waals surface area (Å²) in [5.74, 6) is 0.620. The second kappa shape index (κ2) is 6.64. The van der Waals surface area contributed by atoms with Gasteiger partial charge in [0.15, 0.2) is 0 Å². The third kappa shape index (κ3) is 2.98. The largest absolute Gasteiger partial charge is 0.389 e. The van der Waals surface area contributed by atoms with Crippen molar-refractivity contribution in [3.63, 3.8) is 0 Å². The topological polar surface area (TPSA) is 114 Å². The van der Waals surface area contributed by atoms with E-state index in [0.29, 0.717) is 22.3 Å². The average molecular weight is 358 g/mol. The van der Waals surface area contributed by atoms with Gasteiger partial charge in [-0.1, -0.05) is 18.2 Å². The first kappa shape index (κ1) is 16.3. The fourth-order valence-corrected chi connectivity index (χ4v) is 4.21. The zero-order chi connectivity index (χ0) is 17.4. The quantitative estimate of drug-likeness (QED) is 0.441. The maximum Gasteiger partial charge on any atom is 0.275 e. The van der Waals surface area contributed by atoms with Crippen LogP contribution in [0.25, 0.3) is 11.0 Å². The first-order chi connectivity index (χ1) is 12.1. The summed E-state index contributed by atoms with van der Waals surface area (Å²) in [7, 11) is 0. The van der Waals surface area contributed by atoms with E-state index >= 15 is 0 Å². The Morgan fingerprint density at radius 1 is 1.12 bits per heavy atom. The van der Waals surface area contributed by atoms with Crippen LogP contribution in [0.15, 0.2) is 52.5 Å². The number of rotatable bonds is 4. The smallest absolute Gasteiger partial charge is 0.275 e. The summed E-state index contributed by atoms with van der Waals surface area (Å²) in [4.78, 5) is 22.5. The lowest BCUT2D eigenvalue weighted by atomic mass is 10.0. The molecule has 0 saturated carbocycles. The Kier molecular flexibility index (Phi) is 4.34. The molecule has 25 heavy (non-hydrogen) atoms. The first-order valence-electron chi connectivity index (χ1n) is 8.00. The molecular formula is C17H18N4O3S. The van der Waals surface area contributed by atoms with E-state index in [4.69, 9.17) is 0 Å². The number of nitrogens with one attached hydrogen (secondary N) is 3. The number of thioether (sulfide) groups is 1. The van der Waals surface area contributed by atoms with E-state index in [0.717, 1.165) is 4.90 Å². The van der Waals surface area contributed by atoms with E-state index in [-0.39, 0.29) is 11.6 Å². The van der Waals surface area contributed by atoms with Crippen molar-refractivity contribution in [2.75, 3.05) is 5.75 Å². The van der Waals surface area contributed by atoms with Crippen molar-refractivity contribution in [2.45, 2.75) is 29.2 Å². The minimum absolute atomic E-state index is 0.263. The van der Waals surface area contributed by atoms with Crippen LogP contribution in [0.3, 0.4) is 0 Å². The Morgan fingerprint density at radius 2 is 1.92 bits per heavy atom. The molecule has 0 bridgehead atoms. The highest BCUT2D eigenvalue weighted by atomic mass is 32.2. The molecule has 0 aliphatic carbocycles. The van der Waals surface area contributed by atoms with Gasteiger partial charge in [-0.2, -0.15) is 0 Å². The lowest BCUT2D eigenvalue weighted by molar-refractivity contribution is 0.0308. The lowest BCUT2D eigenvalue weighted by Gasteiger charge is -2.15. The molecule has 1 saturated heterocycles. The maximum absolute atomic E-state index is 11.8. The minimum Gasteiger partial charge on any atom is -0.389 e. The van der Waals surface area contributed by atoms with Gasteiger partial charge >= 0.3 is 0 Å². The summed E-state index contributed by atoms with van der Waals surface area (Å²) < 4.78 is 0. The normalized spacial score (nSPS) is 26.3. The number of nitrogens with zero attached hydrogens (tertiary/aromatic N) is 1. The Bertz CT molecular complexity index is 926. The summed E-state index contributed by atoms with van der Waals surface area (Å²) in [5, 5.41) is 24.2. The molecule has 3 heterocycles. The highest BCUT2D eigenvalue weighted by Gasteiger charge is 2.42. The van der Waals surface area contributed by atoms with Crippen molar-refractivity contribution in [2.24, 2.45) is 0 Å². The Hall–Kier alpha value is -2.13. The molecule has 0 spiro atoms. The molecule has 2 aromatic heterocycles. The Labute approximate surface area is 147 Å². The van der Waals surface area contributed by atoms with E-state index in [2.05, 4.69) is 20.3 Å². The summed E-state index contributed by atoms with van der Waals surface area (Å²) >= 11 is 1.62. The van der Waals surface area contributed by atoms with Crippen LogP contribution >= 0.6 is 11.8 Å². The molecule has 0 radical (unpaired) electrons. The molecule has 1 aliphatic rings. The molecular weight excluding hydrogens is 340 g/mol. The molecule has 7 nitrogen and oxygen atoms in total. The molecule has 1 aliphatic heterocycles. The summed E-state index contributed by atoms with van der Waals surface area (Å²) in [6.07, 6.45) is 1.13. The molecule has 8 heteroatoms. The van der Waals surface area contributed by atoms with Crippen LogP contribution in [0.1, 0.15) is 11.6 Å². The van der Waals surface area contributed by atoms with Gasteiger partial charge in [0.05, 0.1) is 18.5 Å². The van der Waals surface area contributed by atoms with Gasteiger partial charge in [0.2, 0.25) is 0 Å². The number of fused-ring (bicyclic) bond motifs is 1. The highest BCUT2D eigenvalue weighted by Crippen LogP contribution is 2.32. The fourth-order valence-electron chi connectivity index (χ4n) is 3.19. The number of benzene rings is 1. The molecule has 3 aromatic rings. The molecule has 0 unspecified atom stereocenters. The van der Waals surface area contributed by atoms with Crippen LogP contribution < -0.4 is 10.9 Å². The predicted octanol–water partition coefficient (Wildman–Crippen LogP) is 0.778. The molecule has 4 rings (SSSR count). The van der Waals surface area contributed by atoms with Crippen LogP contribution in [0.2, 0.25) is 0 Å². The SMILES string of the molecule is O=c1[nH]cnc2c([C@@H]3N[C@H](CSc4ccccc4)[C@@H](O)[C@H]3O)c[nH]c12. The molecule has 1 fully saturated rings.